The number of anilines is 1. The van der Waals surface area contributed by atoms with Crippen molar-refractivity contribution in [2.75, 3.05) is 12.4 Å². The second-order valence-electron chi connectivity index (χ2n) is 5.45. The molecule has 0 radical (unpaired) electrons. The molecule has 3 N–H and O–H groups in total. The molecular weight excluding hydrogens is 332 g/mol. The van der Waals surface area contributed by atoms with E-state index in [9.17, 15) is 0 Å². The number of nitrogens with zero attached hydrogens (tertiary/aromatic N) is 2. The minimum atomic E-state index is 0.363. The summed E-state index contributed by atoms with van der Waals surface area (Å²) >= 11 is 1.65. The Labute approximate surface area is 151 Å². The molecule has 6 heteroatoms. The number of guanidine groups is 1. The van der Waals surface area contributed by atoms with Crippen molar-refractivity contribution in [1.29, 1.82) is 0 Å². The molecule has 0 atom stereocenters. The summed E-state index contributed by atoms with van der Waals surface area (Å²) in [6, 6.07) is 17.7. The van der Waals surface area contributed by atoms with E-state index in [2.05, 4.69) is 27.4 Å². The number of thiazole rings is 1. The van der Waals surface area contributed by atoms with Crippen molar-refractivity contribution < 1.29 is 4.74 Å². The molecule has 0 aliphatic carbocycles. The lowest BCUT2D eigenvalue weighted by Crippen LogP contribution is -2.22. The highest BCUT2D eigenvalue weighted by molar-refractivity contribution is 7.15. The Kier molecular flexibility index (Phi) is 5.30. The average Bonchev–Trinajstić information content (AvgIpc) is 3.02. The van der Waals surface area contributed by atoms with Gasteiger partial charge in [-0.3, -0.25) is 0 Å². The maximum Gasteiger partial charge on any atom is 0.193 e. The predicted molar refractivity (Wildman–Crippen MR) is 104 cm³/mol. The zero-order valence-electron chi connectivity index (χ0n) is 14.2. The molecule has 0 saturated heterocycles. The third-order valence-corrected chi connectivity index (χ3v) is 4.84. The van der Waals surface area contributed by atoms with Gasteiger partial charge in [-0.15, -0.1) is 11.3 Å². The second-order valence-corrected chi connectivity index (χ2v) is 6.54. The van der Waals surface area contributed by atoms with E-state index in [1.54, 1.807) is 18.4 Å². The van der Waals surface area contributed by atoms with Gasteiger partial charge < -0.3 is 15.8 Å². The summed E-state index contributed by atoms with van der Waals surface area (Å²) in [5, 5.41) is 4.08. The molecule has 0 spiro atoms. The van der Waals surface area contributed by atoms with Gasteiger partial charge >= 0.3 is 0 Å². The molecule has 0 aliphatic rings. The van der Waals surface area contributed by atoms with Crippen LogP contribution in [0.4, 0.5) is 5.69 Å². The van der Waals surface area contributed by atoms with Gasteiger partial charge in [-0.05, 0) is 19.1 Å². The number of hydrogen-bond donors (Lipinski definition) is 2. The van der Waals surface area contributed by atoms with Gasteiger partial charge in [-0.25, -0.2) is 9.98 Å². The third kappa shape index (κ3) is 4.36. The normalized spacial score (nSPS) is 11.4. The maximum atomic E-state index is 6.00. The van der Waals surface area contributed by atoms with E-state index in [1.165, 1.54) is 0 Å². The van der Waals surface area contributed by atoms with E-state index in [0.717, 1.165) is 32.6 Å². The van der Waals surface area contributed by atoms with E-state index < -0.39 is 0 Å². The van der Waals surface area contributed by atoms with Gasteiger partial charge in [-0.2, -0.15) is 0 Å². The van der Waals surface area contributed by atoms with E-state index in [4.69, 9.17) is 10.5 Å². The first-order chi connectivity index (χ1) is 12.2. The number of ether oxygens (including phenoxy) is 1. The quantitative estimate of drug-likeness (QED) is 0.537. The van der Waals surface area contributed by atoms with Crippen LogP contribution in [0.15, 0.2) is 59.6 Å². The standard InChI is InChI=1S/C19H20N4OS/c1-13-17(25-18(22-13)14-7-4-3-5-8-14)12-21-19(20)23-15-9-6-10-16(11-15)24-2/h3-11H,12H2,1-2H3,(H3,20,21,23). The number of hydrogen-bond acceptors (Lipinski definition) is 4. The molecule has 0 saturated carbocycles. The van der Waals surface area contributed by atoms with Crippen LogP contribution in [0, 0.1) is 6.92 Å². The minimum Gasteiger partial charge on any atom is -0.497 e. The molecule has 1 heterocycles. The predicted octanol–water partition coefficient (Wildman–Crippen LogP) is 4.05. The molecule has 0 amide bonds. The Hall–Kier alpha value is -2.86. The molecule has 3 aromatic rings. The van der Waals surface area contributed by atoms with Gasteiger partial charge in [-0.1, -0.05) is 36.4 Å². The molecule has 0 unspecified atom stereocenters. The lowest BCUT2D eigenvalue weighted by atomic mass is 10.2. The summed E-state index contributed by atoms with van der Waals surface area (Å²) < 4.78 is 5.20. The van der Waals surface area contributed by atoms with Crippen molar-refractivity contribution in [3.8, 4) is 16.3 Å². The van der Waals surface area contributed by atoms with E-state index >= 15 is 0 Å². The van der Waals surface area contributed by atoms with Crippen LogP contribution in [0.1, 0.15) is 10.6 Å². The first-order valence-electron chi connectivity index (χ1n) is 7.88. The van der Waals surface area contributed by atoms with Crippen LogP contribution < -0.4 is 15.8 Å². The van der Waals surface area contributed by atoms with Gasteiger partial charge in [0.15, 0.2) is 5.96 Å². The Morgan fingerprint density at radius 1 is 1.20 bits per heavy atom. The van der Waals surface area contributed by atoms with E-state index in [0.29, 0.717) is 12.5 Å². The highest BCUT2D eigenvalue weighted by atomic mass is 32.1. The Morgan fingerprint density at radius 2 is 2.00 bits per heavy atom. The number of nitrogens with two attached hydrogens (primary N) is 1. The van der Waals surface area contributed by atoms with Crippen molar-refractivity contribution in [2.24, 2.45) is 10.7 Å². The van der Waals surface area contributed by atoms with Crippen LogP contribution in [0.25, 0.3) is 10.6 Å². The van der Waals surface area contributed by atoms with E-state index in [-0.39, 0.29) is 0 Å². The minimum absolute atomic E-state index is 0.363. The molecule has 0 fully saturated rings. The van der Waals surface area contributed by atoms with Crippen LogP contribution in [0.2, 0.25) is 0 Å². The highest BCUT2D eigenvalue weighted by Gasteiger charge is 2.09. The molecular formula is C19H20N4OS. The van der Waals surface area contributed by atoms with E-state index in [1.807, 2.05) is 49.4 Å². The molecule has 2 aromatic carbocycles. The lowest BCUT2D eigenvalue weighted by Gasteiger charge is -2.07. The largest absolute Gasteiger partial charge is 0.497 e. The number of benzene rings is 2. The summed E-state index contributed by atoms with van der Waals surface area (Å²) in [4.78, 5) is 10.2. The van der Waals surface area contributed by atoms with Crippen LogP contribution in [0.5, 0.6) is 5.75 Å². The topological polar surface area (TPSA) is 72.5 Å². The monoisotopic (exact) mass is 352 g/mol. The van der Waals surface area contributed by atoms with Crippen molar-refractivity contribution in [2.45, 2.75) is 13.5 Å². The Morgan fingerprint density at radius 3 is 2.76 bits per heavy atom. The second kappa shape index (κ2) is 7.81. The highest BCUT2D eigenvalue weighted by Crippen LogP contribution is 2.28. The summed E-state index contributed by atoms with van der Waals surface area (Å²) in [5.74, 6) is 1.13. The Bertz CT molecular complexity index is 874. The van der Waals surface area contributed by atoms with Gasteiger partial charge in [0.05, 0.1) is 19.3 Å². The zero-order valence-corrected chi connectivity index (χ0v) is 15.0. The molecule has 3 rings (SSSR count). The first-order valence-corrected chi connectivity index (χ1v) is 8.70. The van der Waals surface area contributed by atoms with Crippen molar-refractivity contribution in [1.82, 2.24) is 4.98 Å². The van der Waals surface area contributed by atoms with Gasteiger partial charge in [0, 0.05) is 22.2 Å². The van der Waals surface area contributed by atoms with Crippen LogP contribution in [0.3, 0.4) is 0 Å². The maximum absolute atomic E-state index is 6.00. The summed E-state index contributed by atoms with van der Waals surface area (Å²) in [6.45, 7) is 2.50. The first kappa shape index (κ1) is 17.0. The summed E-state index contributed by atoms with van der Waals surface area (Å²) in [6.07, 6.45) is 0. The zero-order chi connectivity index (χ0) is 17.6. The number of aliphatic imine (C=N–C) groups is 1. The van der Waals surface area contributed by atoms with Crippen LogP contribution in [-0.4, -0.2) is 18.1 Å². The molecule has 5 nitrogen and oxygen atoms in total. The third-order valence-electron chi connectivity index (χ3n) is 3.65. The molecule has 0 aliphatic heterocycles. The Balaban J connectivity index is 1.70. The number of methoxy groups -OCH3 is 1. The fourth-order valence-electron chi connectivity index (χ4n) is 2.32. The van der Waals surface area contributed by atoms with Crippen LogP contribution in [-0.2, 0) is 6.54 Å². The van der Waals surface area contributed by atoms with Crippen molar-refractivity contribution in [3.05, 3.63) is 65.2 Å². The van der Waals surface area contributed by atoms with Gasteiger partial charge in [0.25, 0.3) is 0 Å². The fourth-order valence-corrected chi connectivity index (χ4v) is 3.32. The van der Waals surface area contributed by atoms with Gasteiger partial charge in [0.2, 0.25) is 0 Å². The van der Waals surface area contributed by atoms with Crippen LogP contribution >= 0.6 is 11.3 Å². The summed E-state index contributed by atoms with van der Waals surface area (Å²) in [5.41, 5.74) is 8.94. The van der Waals surface area contributed by atoms with Gasteiger partial charge in [0.1, 0.15) is 10.8 Å². The number of nitrogens with one attached hydrogen (secondary N) is 1. The SMILES string of the molecule is COc1cccc(NC(N)=NCc2sc(-c3ccccc3)nc2C)c1. The molecule has 128 valence electrons. The average molecular weight is 352 g/mol. The lowest BCUT2D eigenvalue weighted by molar-refractivity contribution is 0.415. The number of aromatic nitrogens is 1. The van der Waals surface area contributed by atoms with Crippen molar-refractivity contribution >= 4 is 23.0 Å². The van der Waals surface area contributed by atoms with Crippen molar-refractivity contribution in [3.63, 3.8) is 0 Å². The number of rotatable bonds is 5. The molecule has 0 bridgehead atoms. The molecule has 1 aromatic heterocycles. The molecule has 25 heavy (non-hydrogen) atoms. The number of aryl methyl sites for hydroxylation is 1. The fraction of sp³-hybridized carbons (Fsp3) is 0.158. The smallest absolute Gasteiger partial charge is 0.193 e. The summed E-state index contributed by atoms with van der Waals surface area (Å²) in [7, 11) is 1.63.